The molecule has 5 heteroatoms. The Morgan fingerprint density at radius 1 is 1.42 bits per heavy atom. The smallest absolute Gasteiger partial charge is 0.354 e. The number of aromatic nitrogens is 1. The molecule has 1 atom stereocenters. The van der Waals surface area contributed by atoms with Gasteiger partial charge in [0.2, 0.25) is 0 Å². The van der Waals surface area contributed by atoms with Crippen LogP contribution in [0.3, 0.4) is 0 Å². The van der Waals surface area contributed by atoms with Gasteiger partial charge in [0.15, 0.2) is 5.69 Å². The van der Waals surface area contributed by atoms with Gasteiger partial charge < -0.3 is 14.8 Å². The molecule has 2 aromatic rings. The van der Waals surface area contributed by atoms with Crippen molar-refractivity contribution in [3.8, 4) is 0 Å². The number of aromatic carboxylic acids is 1. The van der Waals surface area contributed by atoms with Crippen LogP contribution < -0.4 is 5.32 Å². The standard InChI is InChI=1S/C14H16N2O3/c1-8-7-11(10(3)19-8)9(2)15-13-6-4-5-12(16-13)14(17)18/h4-7,9H,1-3H3,(H,15,16)(H,17,18). The first-order chi connectivity index (χ1) is 8.97. The summed E-state index contributed by atoms with van der Waals surface area (Å²) in [5.74, 6) is 1.21. The van der Waals surface area contributed by atoms with Crippen LogP contribution in [-0.2, 0) is 0 Å². The number of pyridine rings is 1. The number of carbonyl (C=O) groups is 1. The summed E-state index contributed by atoms with van der Waals surface area (Å²) in [5.41, 5.74) is 1.07. The molecule has 2 heterocycles. The number of carboxylic acid groups (broad SMARTS) is 1. The van der Waals surface area contributed by atoms with Crippen molar-refractivity contribution >= 4 is 11.8 Å². The van der Waals surface area contributed by atoms with Crippen LogP contribution in [0.4, 0.5) is 5.82 Å². The highest BCUT2D eigenvalue weighted by atomic mass is 16.4. The average Bonchev–Trinajstić information content (AvgIpc) is 2.69. The summed E-state index contributed by atoms with van der Waals surface area (Å²) in [7, 11) is 0. The van der Waals surface area contributed by atoms with Crippen LogP contribution >= 0.6 is 0 Å². The first-order valence-electron chi connectivity index (χ1n) is 6.01. The predicted octanol–water partition coefficient (Wildman–Crippen LogP) is 3.16. The zero-order chi connectivity index (χ0) is 14.0. The molecule has 100 valence electrons. The molecule has 2 rings (SSSR count). The molecule has 19 heavy (non-hydrogen) atoms. The van der Waals surface area contributed by atoms with Gasteiger partial charge in [0, 0.05) is 5.56 Å². The van der Waals surface area contributed by atoms with Gasteiger partial charge in [-0.3, -0.25) is 0 Å². The first kappa shape index (κ1) is 13.1. The van der Waals surface area contributed by atoms with Crippen LogP contribution in [0.25, 0.3) is 0 Å². The van der Waals surface area contributed by atoms with E-state index in [-0.39, 0.29) is 11.7 Å². The SMILES string of the molecule is Cc1cc(C(C)Nc2cccc(C(=O)O)n2)c(C)o1. The van der Waals surface area contributed by atoms with Crippen LogP contribution in [0.1, 0.15) is 40.5 Å². The number of nitrogens with one attached hydrogen (secondary N) is 1. The topological polar surface area (TPSA) is 75.4 Å². The highest BCUT2D eigenvalue weighted by Gasteiger charge is 2.13. The number of hydrogen-bond acceptors (Lipinski definition) is 4. The lowest BCUT2D eigenvalue weighted by atomic mass is 10.1. The van der Waals surface area contributed by atoms with E-state index in [4.69, 9.17) is 9.52 Å². The number of aryl methyl sites for hydroxylation is 2. The van der Waals surface area contributed by atoms with Gasteiger partial charge in [-0.05, 0) is 39.0 Å². The van der Waals surface area contributed by atoms with Crippen molar-refractivity contribution in [2.24, 2.45) is 0 Å². The average molecular weight is 260 g/mol. The summed E-state index contributed by atoms with van der Waals surface area (Å²) < 4.78 is 5.48. The van der Waals surface area contributed by atoms with Crippen molar-refractivity contribution in [3.63, 3.8) is 0 Å². The molecule has 0 saturated carbocycles. The monoisotopic (exact) mass is 260 g/mol. The van der Waals surface area contributed by atoms with E-state index in [1.807, 2.05) is 26.8 Å². The Labute approximate surface area is 111 Å². The lowest BCUT2D eigenvalue weighted by molar-refractivity contribution is 0.0690. The van der Waals surface area contributed by atoms with Gasteiger partial charge >= 0.3 is 5.97 Å². The van der Waals surface area contributed by atoms with E-state index in [2.05, 4.69) is 10.3 Å². The van der Waals surface area contributed by atoms with E-state index >= 15 is 0 Å². The molecular weight excluding hydrogens is 244 g/mol. The molecule has 0 fully saturated rings. The van der Waals surface area contributed by atoms with Gasteiger partial charge in [0.1, 0.15) is 17.3 Å². The first-order valence-corrected chi connectivity index (χ1v) is 6.01. The Kier molecular flexibility index (Phi) is 3.55. The number of carboxylic acids is 1. The Balaban J connectivity index is 2.19. The summed E-state index contributed by atoms with van der Waals surface area (Å²) in [5, 5.41) is 12.1. The van der Waals surface area contributed by atoms with Crippen molar-refractivity contribution in [2.45, 2.75) is 26.8 Å². The Morgan fingerprint density at radius 3 is 2.74 bits per heavy atom. The predicted molar refractivity (Wildman–Crippen MR) is 71.4 cm³/mol. The van der Waals surface area contributed by atoms with Crippen LogP contribution in [0, 0.1) is 13.8 Å². The Hall–Kier alpha value is -2.30. The van der Waals surface area contributed by atoms with Crippen LogP contribution in [0.15, 0.2) is 28.7 Å². The third kappa shape index (κ3) is 2.93. The summed E-state index contributed by atoms with van der Waals surface area (Å²) in [6.45, 7) is 5.78. The fourth-order valence-electron chi connectivity index (χ4n) is 2.01. The summed E-state index contributed by atoms with van der Waals surface area (Å²) in [6, 6.07) is 6.83. The van der Waals surface area contributed by atoms with E-state index in [1.54, 1.807) is 12.1 Å². The minimum Gasteiger partial charge on any atom is -0.477 e. The Morgan fingerprint density at radius 2 is 2.16 bits per heavy atom. The fourth-order valence-corrected chi connectivity index (χ4v) is 2.01. The van der Waals surface area contributed by atoms with Crippen molar-refractivity contribution in [3.05, 3.63) is 47.0 Å². The number of furan rings is 1. The zero-order valence-corrected chi connectivity index (χ0v) is 11.1. The molecule has 0 radical (unpaired) electrons. The second-order valence-electron chi connectivity index (χ2n) is 4.45. The van der Waals surface area contributed by atoms with Gasteiger partial charge in [0.25, 0.3) is 0 Å². The van der Waals surface area contributed by atoms with Gasteiger partial charge in [-0.1, -0.05) is 6.07 Å². The highest BCUT2D eigenvalue weighted by molar-refractivity contribution is 5.85. The maximum absolute atomic E-state index is 10.9. The van der Waals surface area contributed by atoms with Crippen molar-refractivity contribution in [2.75, 3.05) is 5.32 Å². The quantitative estimate of drug-likeness (QED) is 0.883. The third-order valence-corrected chi connectivity index (χ3v) is 2.88. The lowest BCUT2D eigenvalue weighted by Crippen LogP contribution is -2.10. The molecular formula is C14H16N2O3. The molecule has 2 aromatic heterocycles. The Bertz CT molecular complexity index is 604. The largest absolute Gasteiger partial charge is 0.477 e. The van der Waals surface area contributed by atoms with E-state index in [0.717, 1.165) is 17.1 Å². The van der Waals surface area contributed by atoms with Gasteiger partial charge in [-0.15, -0.1) is 0 Å². The third-order valence-electron chi connectivity index (χ3n) is 2.88. The molecule has 0 aliphatic heterocycles. The number of hydrogen-bond donors (Lipinski definition) is 2. The molecule has 0 aliphatic carbocycles. The van der Waals surface area contributed by atoms with Crippen LogP contribution in [0.5, 0.6) is 0 Å². The number of rotatable bonds is 4. The summed E-state index contributed by atoms with van der Waals surface area (Å²) in [6.07, 6.45) is 0. The second kappa shape index (κ2) is 5.14. The maximum Gasteiger partial charge on any atom is 0.354 e. The van der Waals surface area contributed by atoms with Crippen molar-refractivity contribution < 1.29 is 14.3 Å². The van der Waals surface area contributed by atoms with Gasteiger partial charge in [-0.2, -0.15) is 0 Å². The highest BCUT2D eigenvalue weighted by Crippen LogP contribution is 2.24. The molecule has 0 spiro atoms. The van der Waals surface area contributed by atoms with Gasteiger partial charge in [0.05, 0.1) is 6.04 Å². The molecule has 1 unspecified atom stereocenters. The fraction of sp³-hybridized carbons (Fsp3) is 0.286. The second-order valence-corrected chi connectivity index (χ2v) is 4.45. The minimum atomic E-state index is -1.04. The lowest BCUT2D eigenvalue weighted by Gasteiger charge is -2.14. The minimum absolute atomic E-state index is 0.00556. The maximum atomic E-state index is 10.9. The zero-order valence-electron chi connectivity index (χ0n) is 11.1. The molecule has 0 saturated heterocycles. The molecule has 0 aromatic carbocycles. The van der Waals surface area contributed by atoms with E-state index in [9.17, 15) is 4.79 Å². The van der Waals surface area contributed by atoms with Crippen molar-refractivity contribution in [1.82, 2.24) is 4.98 Å². The van der Waals surface area contributed by atoms with Crippen LogP contribution in [0.2, 0.25) is 0 Å². The molecule has 0 bridgehead atoms. The van der Waals surface area contributed by atoms with E-state index in [1.165, 1.54) is 6.07 Å². The molecule has 0 amide bonds. The number of nitrogens with zero attached hydrogens (tertiary/aromatic N) is 1. The van der Waals surface area contributed by atoms with E-state index < -0.39 is 5.97 Å². The normalized spacial score (nSPS) is 12.2. The summed E-state index contributed by atoms with van der Waals surface area (Å²) in [4.78, 5) is 14.9. The van der Waals surface area contributed by atoms with Crippen molar-refractivity contribution in [1.29, 1.82) is 0 Å². The number of anilines is 1. The molecule has 0 aliphatic rings. The summed E-state index contributed by atoms with van der Waals surface area (Å²) >= 11 is 0. The molecule has 5 nitrogen and oxygen atoms in total. The van der Waals surface area contributed by atoms with Crippen LogP contribution in [-0.4, -0.2) is 16.1 Å². The van der Waals surface area contributed by atoms with Gasteiger partial charge in [-0.25, -0.2) is 9.78 Å². The van der Waals surface area contributed by atoms with E-state index in [0.29, 0.717) is 5.82 Å². The molecule has 2 N–H and O–H groups in total.